The lowest BCUT2D eigenvalue weighted by Gasteiger charge is -1.76. The van der Waals surface area contributed by atoms with Crippen molar-refractivity contribution in [2.75, 3.05) is 13.7 Å². The molecule has 1 nitrogen and oxygen atoms in total. The number of rotatable bonds is 1. The van der Waals surface area contributed by atoms with Gasteiger partial charge in [0.15, 0.2) is 0 Å². The Bertz CT molecular complexity index is 58.5. The maximum absolute atomic E-state index is 4.54. The Labute approximate surface area is 66.8 Å². The quantitative estimate of drug-likeness (QED) is 0.517. The van der Waals surface area contributed by atoms with Gasteiger partial charge in [-0.25, -0.2) is 0 Å². The Hall–Kier alpha value is -0.480. The van der Waals surface area contributed by atoms with Crippen molar-refractivity contribution in [1.29, 1.82) is 0 Å². The van der Waals surface area contributed by atoms with Gasteiger partial charge >= 0.3 is 0 Å². The van der Waals surface area contributed by atoms with E-state index in [-0.39, 0.29) is 14.9 Å². The van der Waals surface area contributed by atoms with Crippen LogP contribution in [0.5, 0.6) is 0 Å². The Morgan fingerprint density at radius 2 is 1.30 bits per heavy atom. The van der Waals surface area contributed by atoms with Crippen molar-refractivity contribution in [2.45, 2.75) is 35.6 Å². The second-order valence-corrected chi connectivity index (χ2v) is 1.08. The van der Waals surface area contributed by atoms with Crippen LogP contribution in [0, 0.1) is 11.8 Å². The molecule has 64 valence electrons. The van der Waals surface area contributed by atoms with Crippen LogP contribution in [0.1, 0.15) is 35.6 Å². The van der Waals surface area contributed by atoms with Gasteiger partial charge in [0.2, 0.25) is 0 Å². The van der Waals surface area contributed by atoms with E-state index in [1.807, 2.05) is 20.8 Å². The van der Waals surface area contributed by atoms with Crippen LogP contribution in [0.4, 0.5) is 0 Å². The fourth-order valence-electron chi connectivity index (χ4n) is 0. The molecule has 0 aliphatic carbocycles. The number of ether oxygens (including phenoxy) is 1. The fraction of sp³-hybridized carbons (Fsp3) is 0.778. The summed E-state index contributed by atoms with van der Waals surface area (Å²) in [5.41, 5.74) is 0. The molecule has 1 heteroatoms. The molecule has 0 atom stereocenters. The molecule has 0 spiro atoms. The lowest BCUT2D eigenvalue weighted by atomic mass is 10.7. The van der Waals surface area contributed by atoms with Crippen molar-refractivity contribution in [3.8, 4) is 11.8 Å². The summed E-state index contributed by atoms with van der Waals surface area (Å²) in [6.07, 6.45) is 0. The molecule has 0 radical (unpaired) electrons. The minimum atomic E-state index is 0. The molecule has 0 aromatic carbocycles. The highest BCUT2D eigenvalue weighted by Crippen LogP contribution is 1.52. The van der Waals surface area contributed by atoms with Crippen LogP contribution in [0.2, 0.25) is 0 Å². The van der Waals surface area contributed by atoms with Gasteiger partial charge in [-0.2, -0.15) is 0 Å². The predicted molar refractivity (Wildman–Crippen MR) is 50.1 cm³/mol. The summed E-state index contributed by atoms with van der Waals surface area (Å²) in [6.45, 7) is 6.42. The van der Waals surface area contributed by atoms with Crippen LogP contribution in [-0.4, -0.2) is 13.7 Å². The molecule has 0 saturated heterocycles. The maximum Gasteiger partial charge on any atom is 0.0433 e. The average molecular weight is 146 g/mol. The first kappa shape index (κ1) is 22.7. The van der Waals surface area contributed by atoms with Crippen LogP contribution in [0.3, 0.4) is 0 Å². The first-order valence-corrected chi connectivity index (χ1v) is 2.65. The molecule has 0 bridgehead atoms. The summed E-state index contributed by atoms with van der Waals surface area (Å²) in [6, 6.07) is 0. The molecule has 0 aliphatic heterocycles. The number of hydrogen-bond acceptors (Lipinski definition) is 1. The molecular weight excluding hydrogens is 124 g/mol. The van der Waals surface area contributed by atoms with Gasteiger partial charge in [0.05, 0.1) is 0 Å². The summed E-state index contributed by atoms with van der Waals surface area (Å²) in [5, 5.41) is 0. The maximum atomic E-state index is 4.54. The SMILES string of the molecule is C.C.CC#CC.CCOC. The van der Waals surface area contributed by atoms with E-state index in [4.69, 9.17) is 0 Å². The highest BCUT2D eigenvalue weighted by atomic mass is 16.5. The second-order valence-electron chi connectivity index (χ2n) is 1.08. The van der Waals surface area contributed by atoms with Crippen molar-refractivity contribution < 1.29 is 4.74 Å². The van der Waals surface area contributed by atoms with Gasteiger partial charge in [-0.15, -0.1) is 11.8 Å². The number of hydrogen-bond donors (Lipinski definition) is 0. The molecule has 0 unspecified atom stereocenters. The van der Waals surface area contributed by atoms with Crippen molar-refractivity contribution in [2.24, 2.45) is 0 Å². The van der Waals surface area contributed by atoms with Crippen LogP contribution >= 0.6 is 0 Å². The summed E-state index contributed by atoms with van der Waals surface area (Å²) < 4.78 is 4.54. The number of methoxy groups -OCH3 is 1. The van der Waals surface area contributed by atoms with Crippen LogP contribution < -0.4 is 0 Å². The predicted octanol–water partition coefficient (Wildman–Crippen LogP) is 2.95. The van der Waals surface area contributed by atoms with Crippen LogP contribution in [0.25, 0.3) is 0 Å². The first-order valence-electron chi connectivity index (χ1n) is 2.65. The van der Waals surface area contributed by atoms with E-state index < -0.39 is 0 Å². The average Bonchev–Trinajstić information content (AvgIpc) is 1.88. The van der Waals surface area contributed by atoms with Crippen molar-refractivity contribution >= 4 is 0 Å². The Kier molecular flexibility index (Phi) is 88.2. The zero-order valence-corrected chi connectivity index (χ0v) is 6.12. The standard InChI is InChI=1S/C4H6.C3H8O.2CH4/c2*1-3-4-2;;/h1-2H3;3H2,1-2H3;2*1H4. The Balaban J connectivity index is -0.0000000300. The van der Waals surface area contributed by atoms with E-state index in [1.165, 1.54) is 0 Å². The molecule has 0 rings (SSSR count). The molecule has 0 N–H and O–H groups in total. The highest BCUT2D eigenvalue weighted by molar-refractivity contribution is 4.89. The van der Waals surface area contributed by atoms with Crippen LogP contribution in [0.15, 0.2) is 0 Å². The molecule has 0 fully saturated rings. The highest BCUT2D eigenvalue weighted by Gasteiger charge is 1.51. The molecule has 0 amide bonds. The summed E-state index contributed by atoms with van der Waals surface area (Å²) in [4.78, 5) is 0. The monoisotopic (exact) mass is 146 g/mol. The molecular formula is C9H22O. The molecule has 0 aromatic heterocycles. The zero-order valence-electron chi connectivity index (χ0n) is 6.12. The molecule has 10 heavy (non-hydrogen) atoms. The topological polar surface area (TPSA) is 9.23 Å². The third kappa shape index (κ3) is 138. The molecule has 0 heterocycles. The van der Waals surface area contributed by atoms with Gasteiger partial charge in [0.1, 0.15) is 0 Å². The van der Waals surface area contributed by atoms with Crippen molar-refractivity contribution in [3.05, 3.63) is 0 Å². The van der Waals surface area contributed by atoms with Gasteiger partial charge < -0.3 is 4.74 Å². The lowest BCUT2D eigenvalue weighted by molar-refractivity contribution is 0.215. The van der Waals surface area contributed by atoms with E-state index in [1.54, 1.807) is 7.11 Å². The fourth-order valence-corrected chi connectivity index (χ4v) is 0. The minimum absolute atomic E-state index is 0. The van der Waals surface area contributed by atoms with E-state index in [9.17, 15) is 0 Å². The van der Waals surface area contributed by atoms with E-state index in [2.05, 4.69) is 16.6 Å². The summed E-state index contributed by atoms with van der Waals surface area (Å²) >= 11 is 0. The largest absolute Gasteiger partial charge is 0.385 e. The van der Waals surface area contributed by atoms with Crippen molar-refractivity contribution in [1.82, 2.24) is 0 Å². The van der Waals surface area contributed by atoms with Crippen molar-refractivity contribution in [3.63, 3.8) is 0 Å². The Morgan fingerprint density at radius 3 is 1.30 bits per heavy atom. The van der Waals surface area contributed by atoms with Gasteiger partial charge in [0, 0.05) is 13.7 Å². The third-order valence-electron chi connectivity index (χ3n) is 0.539. The molecule has 0 aromatic rings. The smallest absolute Gasteiger partial charge is 0.0433 e. The van der Waals surface area contributed by atoms with Gasteiger partial charge in [-0.05, 0) is 20.8 Å². The molecule has 0 saturated carbocycles. The van der Waals surface area contributed by atoms with Gasteiger partial charge in [-0.1, -0.05) is 14.9 Å². The zero-order chi connectivity index (χ0) is 6.83. The first-order chi connectivity index (χ1) is 3.83. The normalized spacial score (nSPS) is 4.40. The van der Waals surface area contributed by atoms with E-state index in [0.717, 1.165) is 6.61 Å². The molecule has 0 aliphatic rings. The van der Waals surface area contributed by atoms with E-state index >= 15 is 0 Å². The Morgan fingerprint density at radius 1 is 1.10 bits per heavy atom. The second kappa shape index (κ2) is 38.9. The lowest BCUT2D eigenvalue weighted by Crippen LogP contribution is -1.73. The van der Waals surface area contributed by atoms with Gasteiger partial charge in [-0.3, -0.25) is 0 Å². The minimum Gasteiger partial charge on any atom is -0.385 e. The summed E-state index contributed by atoms with van der Waals surface area (Å²) in [5.74, 6) is 5.36. The third-order valence-corrected chi connectivity index (χ3v) is 0.539. The van der Waals surface area contributed by atoms with Crippen LogP contribution in [-0.2, 0) is 4.74 Å². The van der Waals surface area contributed by atoms with E-state index in [0.29, 0.717) is 0 Å². The summed E-state index contributed by atoms with van der Waals surface area (Å²) in [7, 11) is 1.68. The van der Waals surface area contributed by atoms with Gasteiger partial charge in [0.25, 0.3) is 0 Å².